The first-order valence-electron chi connectivity index (χ1n) is 5.73. The van der Waals surface area contributed by atoms with Gasteiger partial charge in [0.1, 0.15) is 0 Å². The fourth-order valence-corrected chi connectivity index (χ4v) is 1.85. The molecule has 2 atom stereocenters. The second kappa shape index (κ2) is 7.04. The molecule has 0 radical (unpaired) electrons. The zero-order valence-electron chi connectivity index (χ0n) is 10.1. The maximum atomic E-state index is 11.3. The van der Waals surface area contributed by atoms with E-state index in [2.05, 4.69) is 10.5 Å². The van der Waals surface area contributed by atoms with E-state index < -0.39 is 5.92 Å². The van der Waals surface area contributed by atoms with Crippen LogP contribution in [0.3, 0.4) is 0 Å². The van der Waals surface area contributed by atoms with Crippen molar-refractivity contribution in [3.8, 4) is 0 Å². The van der Waals surface area contributed by atoms with E-state index in [1.807, 2.05) is 30.3 Å². The van der Waals surface area contributed by atoms with Gasteiger partial charge in [-0.25, -0.2) is 0 Å². The van der Waals surface area contributed by atoms with Gasteiger partial charge in [0.2, 0.25) is 0 Å². The number of aliphatic hydroxyl groups excluding tert-OH is 1. The summed E-state index contributed by atoms with van der Waals surface area (Å²) in [6.07, 6.45) is 1.34. The average Bonchev–Trinajstić information content (AvgIpc) is 2.36. The molecule has 4 nitrogen and oxygen atoms in total. The Kier molecular flexibility index (Phi) is 5.66. The normalized spacial score (nSPS) is 14.1. The molecule has 0 bridgehead atoms. The third-order valence-corrected chi connectivity index (χ3v) is 2.74. The van der Waals surface area contributed by atoms with Crippen molar-refractivity contribution < 1.29 is 20.4 Å². The van der Waals surface area contributed by atoms with Crippen LogP contribution < -0.4 is 5.73 Å². The molecule has 1 aromatic carbocycles. The van der Waals surface area contributed by atoms with Crippen LogP contribution in [-0.4, -0.2) is 30.8 Å². The first kappa shape index (κ1) is 13.7. The molecular formula is C13H20NO3+. The molecule has 0 unspecified atom stereocenters. The van der Waals surface area contributed by atoms with Crippen molar-refractivity contribution >= 4 is 5.97 Å². The van der Waals surface area contributed by atoms with E-state index in [1.165, 1.54) is 12.7 Å². The first-order valence-corrected chi connectivity index (χ1v) is 5.73. The number of carbonyl (C=O) groups excluding carboxylic acids is 1. The number of rotatable bonds is 6. The van der Waals surface area contributed by atoms with E-state index in [-0.39, 0.29) is 18.6 Å². The predicted molar refractivity (Wildman–Crippen MR) is 64.0 cm³/mol. The van der Waals surface area contributed by atoms with Gasteiger partial charge in [0, 0.05) is 12.8 Å². The quantitative estimate of drug-likeness (QED) is 0.686. The van der Waals surface area contributed by atoms with E-state index in [4.69, 9.17) is 5.11 Å². The summed E-state index contributed by atoms with van der Waals surface area (Å²) in [6.45, 7) is -0.187. The van der Waals surface area contributed by atoms with E-state index in [0.717, 1.165) is 6.42 Å². The second-order valence-electron chi connectivity index (χ2n) is 4.19. The van der Waals surface area contributed by atoms with Gasteiger partial charge < -0.3 is 15.6 Å². The topological polar surface area (TPSA) is 74.2 Å². The second-order valence-corrected chi connectivity index (χ2v) is 4.19. The van der Waals surface area contributed by atoms with Gasteiger partial charge in [-0.05, 0) is 5.56 Å². The summed E-state index contributed by atoms with van der Waals surface area (Å²) in [5, 5.41) is 9.11. The number of aliphatic hydroxyl groups is 1. The molecular weight excluding hydrogens is 218 g/mol. The van der Waals surface area contributed by atoms with Crippen LogP contribution in [0.25, 0.3) is 0 Å². The Balaban J connectivity index is 2.48. The lowest BCUT2D eigenvalue weighted by molar-refractivity contribution is -0.422. The number of hydrogen-bond donors (Lipinski definition) is 2. The molecule has 0 heterocycles. The lowest BCUT2D eigenvalue weighted by Gasteiger charge is -2.15. The molecule has 1 rings (SSSR count). The van der Waals surface area contributed by atoms with Crippen LogP contribution in [-0.2, 0) is 16.0 Å². The lowest BCUT2D eigenvalue weighted by atomic mass is 9.96. The predicted octanol–water partition coefficient (Wildman–Crippen LogP) is 0.0112. The van der Waals surface area contributed by atoms with Crippen LogP contribution in [0.1, 0.15) is 12.0 Å². The molecule has 0 saturated carbocycles. The summed E-state index contributed by atoms with van der Waals surface area (Å²) in [6, 6.07) is 10.1. The van der Waals surface area contributed by atoms with E-state index in [9.17, 15) is 4.79 Å². The Labute approximate surface area is 101 Å². The van der Waals surface area contributed by atoms with Gasteiger partial charge >= 0.3 is 5.97 Å². The minimum absolute atomic E-state index is 0.0913. The number of benzene rings is 1. The van der Waals surface area contributed by atoms with Crippen molar-refractivity contribution in [3.05, 3.63) is 35.9 Å². The molecule has 17 heavy (non-hydrogen) atoms. The Morgan fingerprint density at radius 2 is 2.06 bits per heavy atom. The highest BCUT2D eigenvalue weighted by atomic mass is 16.5. The van der Waals surface area contributed by atoms with Crippen LogP contribution in [0.4, 0.5) is 0 Å². The maximum absolute atomic E-state index is 11.3. The summed E-state index contributed by atoms with van der Waals surface area (Å²) in [5.41, 5.74) is 5.21. The molecule has 0 aliphatic heterocycles. The van der Waals surface area contributed by atoms with Crippen LogP contribution in [0.5, 0.6) is 0 Å². The fourth-order valence-electron chi connectivity index (χ4n) is 1.85. The fraction of sp³-hybridized carbons (Fsp3) is 0.462. The van der Waals surface area contributed by atoms with Crippen molar-refractivity contribution in [3.63, 3.8) is 0 Å². The lowest BCUT2D eigenvalue weighted by Crippen LogP contribution is -2.63. The Hall–Kier alpha value is -1.39. The smallest absolute Gasteiger partial charge is 0.311 e. The summed E-state index contributed by atoms with van der Waals surface area (Å²) < 4.78 is 4.63. The van der Waals surface area contributed by atoms with Crippen LogP contribution >= 0.6 is 0 Å². The van der Waals surface area contributed by atoms with Gasteiger partial charge in [-0.3, -0.25) is 4.79 Å². The summed E-state index contributed by atoms with van der Waals surface area (Å²) >= 11 is 0. The largest absolute Gasteiger partial charge is 0.469 e. The third kappa shape index (κ3) is 4.54. The molecule has 0 fully saturated rings. The zero-order chi connectivity index (χ0) is 12.7. The van der Waals surface area contributed by atoms with Gasteiger partial charge in [0.15, 0.2) is 0 Å². The van der Waals surface area contributed by atoms with E-state index >= 15 is 0 Å². The van der Waals surface area contributed by atoms with Crippen molar-refractivity contribution in [1.29, 1.82) is 0 Å². The number of methoxy groups -OCH3 is 1. The molecule has 1 aromatic rings. The van der Waals surface area contributed by atoms with Crippen molar-refractivity contribution in [1.82, 2.24) is 0 Å². The van der Waals surface area contributed by atoms with Gasteiger partial charge in [-0.15, -0.1) is 0 Å². The molecule has 4 N–H and O–H groups in total. The van der Waals surface area contributed by atoms with Gasteiger partial charge in [-0.2, -0.15) is 0 Å². The SMILES string of the molecule is COC(=O)[C@H](CO)C[C@@H]([NH3+])Cc1ccccc1. The monoisotopic (exact) mass is 238 g/mol. The number of carbonyl (C=O) groups is 1. The zero-order valence-corrected chi connectivity index (χ0v) is 10.1. The highest BCUT2D eigenvalue weighted by Gasteiger charge is 2.23. The number of ether oxygens (including phenoxy) is 1. The van der Waals surface area contributed by atoms with Crippen LogP contribution in [0, 0.1) is 5.92 Å². The van der Waals surface area contributed by atoms with Crippen molar-refractivity contribution in [2.24, 2.45) is 5.92 Å². The molecule has 0 spiro atoms. The molecule has 0 aromatic heterocycles. The standard InChI is InChI=1S/C13H19NO3/c1-17-13(16)11(9-15)8-12(14)7-10-5-3-2-4-6-10/h2-6,11-12,15H,7-9,14H2,1H3/p+1/t11-,12-/m0/s1. The average molecular weight is 238 g/mol. The van der Waals surface area contributed by atoms with E-state index in [0.29, 0.717) is 6.42 Å². The minimum Gasteiger partial charge on any atom is -0.469 e. The molecule has 0 amide bonds. The Morgan fingerprint density at radius 1 is 1.41 bits per heavy atom. The molecule has 0 saturated heterocycles. The molecule has 0 aliphatic carbocycles. The first-order chi connectivity index (χ1) is 8.17. The van der Waals surface area contributed by atoms with Crippen molar-refractivity contribution in [2.75, 3.05) is 13.7 Å². The number of esters is 1. The highest BCUT2D eigenvalue weighted by molar-refractivity contribution is 5.72. The van der Waals surface area contributed by atoms with Crippen molar-refractivity contribution in [2.45, 2.75) is 18.9 Å². The summed E-state index contributed by atoms with van der Waals surface area (Å²) in [4.78, 5) is 11.3. The van der Waals surface area contributed by atoms with Gasteiger partial charge in [0.25, 0.3) is 0 Å². The highest BCUT2D eigenvalue weighted by Crippen LogP contribution is 2.10. The Morgan fingerprint density at radius 3 is 2.59 bits per heavy atom. The van der Waals surface area contributed by atoms with Crippen LogP contribution in [0.15, 0.2) is 30.3 Å². The maximum Gasteiger partial charge on any atom is 0.311 e. The Bertz CT molecular complexity index is 340. The summed E-state index contributed by atoms with van der Waals surface area (Å²) in [7, 11) is 1.33. The number of hydrogen-bond acceptors (Lipinski definition) is 3. The number of quaternary nitrogens is 1. The molecule has 94 valence electrons. The van der Waals surface area contributed by atoms with Gasteiger partial charge in [-0.1, -0.05) is 30.3 Å². The summed E-state index contributed by atoms with van der Waals surface area (Å²) in [5.74, 6) is -0.833. The van der Waals surface area contributed by atoms with Crippen LogP contribution in [0.2, 0.25) is 0 Å². The molecule has 4 heteroatoms. The minimum atomic E-state index is -0.466. The molecule has 0 aliphatic rings. The van der Waals surface area contributed by atoms with E-state index in [1.54, 1.807) is 0 Å². The van der Waals surface area contributed by atoms with Gasteiger partial charge in [0.05, 0.1) is 25.7 Å². The third-order valence-electron chi connectivity index (χ3n) is 2.74.